The minimum absolute atomic E-state index is 0.0442. The summed E-state index contributed by atoms with van der Waals surface area (Å²) in [6.07, 6.45) is 6.56. The van der Waals surface area contributed by atoms with Crippen molar-refractivity contribution in [1.82, 2.24) is 14.5 Å². The molecule has 1 saturated heterocycles. The number of nitrogens with zero attached hydrogens (tertiary/aromatic N) is 4. The van der Waals surface area contributed by atoms with E-state index in [-0.39, 0.29) is 26.7 Å². The largest absolute Gasteiger partial charge is 0.480 e. The summed E-state index contributed by atoms with van der Waals surface area (Å²) in [4.78, 5) is 20.2. The number of carbonyl (C=O) groups is 1. The maximum absolute atomic E-state index is 13.4. The number of aromatic nitrogens is 3. The second-order valence-corrected chi connectivity index (χ2v) is 11.3. The number of carboxylic acids is 1. The van der Waals surface area contributed by atoms with Crippen molar-refractivity contribution in [2.75, 3.05) is 24.1 Å². The van der Waals surface area contributed by atoms with Gasteiger partial charge in [0.1, 0.15) is 12.6 Å². The van der Waals surface area contributed by atoms with Crippen LogP contribution in [0, 0.1) is 0 Å². The molecule has 0 amide bonds. The van der Waals surface area contributed by atoms with Gasteiger partial charge in [0.25, 0.3) is 10.0 Å². The summed E-state index contributed by atoms with van der Waals surface area (Å²) >= 11 is 12.0. The molecule has 5 rings (SSSR count). The summed E-state index contributed by atoms with van der Waals surface area (Å²) in [5.41, 5.74) is 0.889. The SMILES string of the molecule is O=C(O)CN(c1ccc2c(ccn2-c2cnc(OC3CCOCC3)cn2)c1)S(=O)(=O)c1cc(Cl)cc(Cl)c1. The first kappa shape index (κ1) is 26.2. The Labute approximate surface area is 228 Å². The van der Waals surface area contributed by atoms with Gasteiger partial charge in [-0.2, -0.15) is 0 Å². The third-order valence-electron chi connectivity index (χ3n) is 5.98. The summed E-state index contributed by atoms with van der Waals surface area (Å²) < 4.78 is 40.6. The molecule has 0 radical (unpaired) electrons. The Morgan fingerprint density at radius 1 is 1.08 bits per heavy atom. The van der Waals surface area contributed by atoms with Crippen molar-refractivity contribution in [2.45, 2.75) is 23.8 Å². The van der Waals surface area contributed by atoms with Crippen LogP contribution in [-0.4, -0.2) is 59.9 Å². The Bertz CT molecular complexity index is 1570. The molecule has 3 heterocycles. The smallest absolute Gasteiger partial charge is 0.324 e. The molecule has 198 valence electrons. The fourth-order valence-electron chi connectivity index (χ4n) is 4.19. The zero-order chi connectivity index (χ0) is 26.9. The Hall–Kier alpha value is -3.38. The maximum atomic E-state index is 13.4. The van der Waals surface area contributed by atoms with E-state index in [1.807, 2.05) is 0 Å². The summed E-state index contributed by atoms with van der Waals surface area (Å²) in [5.74, 6) is -0.358. The molecular weight excluding hydrogens is 555 g/mol. The van der Waals surface area contributed by atoms with Gasteiger partial charge in [0.05, 0.1) is 41.7 Å². The zero-order valence-corrected chi connectivity index (χ0v) is 22.2. The molecule has 1 aliphatic heterocycles. The fraction of sp³-hybridized carbons (Fsp3) is 0.240. The number of aliphatic carboxylic acids is 1. The summed E-state index contributed by atoms with van der Waals surface area (Å²) in [7, 11) is -4.29. The average molecular weight is 577 g/mol. The standard InChI is InChI=1S/C25H22Cl2N4O6S/c26-17-10-18(27)12-21(11-17)38(34,35)31(15-25(32)33)19-1-2-22-16(9-19)3-6-30(22)23-13-29-24(14-28-23)37-20-4-7-36-8-5-20/h1-3,6,9-14,20H,4-5,7-8,15H2,(H,32,33). The highest BCUT2D eigenvalue weighted by Crippen LogP contribution is 2.31. The number of halogens is 2. The monoisotopic (exact) mass is 576 g/mol. The van der Waals surface area contributed by atoms with E-state index in [4.69, 9.17) is 32.7 Å². The zero-order valence-electron chi connectivity index (χ0n) is 19.8. The topological polar surface area (TPSA) is 124 Å². The lowest BCUT2D eigenvalue weighted by Crippen LogP contribution is -2.35. The number of carboxylic acid groups (broad SMARTS) is 1. The number of benzene rings is 2. The lowest BCUT2D eigenvalue weighted by atomic mass is 10.2. The lowest BCUT2D eigenvalue weighted by molar-refractivity contribution is -0.135. The second-order valence-electron chi connectivity index (χ2n) is 8.58. The second kappa shape index (κ2) is 10.8. The van der Waals surface area contributed by atoms with Gasteiger partial charge in [0, 0.05) is 34.5 Å². The highest BCUT2D eigenvalue weighted by atomic mass is 35.5. The van der Waals surface area contributed by atoms with Crippen LogP contribution in [0.25, 0.3) is 16.7 Å². The number of ether oxygens (including phenoxy) is 2. The minimum Gasteiger partial charge on any atom is -0.480 e. The Morgan fingerprint density at radius 2 is 1.82 bits per heavy atom. The third-order valence-corrected chi connectivity index (χ3v) is 8.17. The normalized spacial score (nSPS) is 14.5. The highest BCUT2D eigenvalue weighted by molar-refractivity contribution is 7.92. The van der Waals surface area contributed by atoms with E-state index in [2.05, 4.69) is 9.97 Å². The molecule has 1 aliphatic rings. The molecule has 0 spiro atoms. The van der Waals surface area contributed by atoms with E-state index < -0.39 is 22.5 Å². The Morgan fingerprint density at radius 3 is 2.47 bits per heavy atom. The molecule has 13 heteroatoms. The molecule has 0 saturated carbocycles. The van der Waals surface area contributed by atoms with Crippen LogP contribution in [0.1, 0.15) is 12.8 Å². The van der Waals surface area contributed by atoms with Crippen molar-refractivity contribution in [3.63, 3.8) is 0 Å². The van der Waals surface area contributed by atoms with Gasteiger partial charge in [-0.05, 0) is 42.5 Å². The van der Waals surface area contributed by atoms with Crippen LogP contribution in [0.2, 0.25) is 10.0 Å². The molecule has 10 nitrogen and oxygen atoms in total. The van der Waals surface area contributed by atoms with E-state index >= 15 is 0 Å². The maximum Gasteiger partial charge on any atom is 0.324 e. The lowest BCUT2D eigenvalue weighted by Gasteiger charge is -2.23. The first-order valence-electron chi connectivity index (χ1n) is 11.6. The average Bonchev–Trinajstić information content (AvgIpc) is 3.31. The molecule has 1 N–H and O–H groups in total. The van der Waals surface area contributed by atoms with Crippen molar-refractivity contribution < 1.29 is 27.8 Å². The predicted molar refractivity (Wildman–Crippen MR) is 142 cm³/mol. The summed E-state index contributed by atoms with van der Waals surface area (Å²) in [6.45, 7) is 0.524. The number of fused-ring (bicyclic) bond motifs is 1. The van der Waals surface area contributed by atoms with E-state index in [1.165, 1.54) is 24.3 Å². The molecule has 0 aliphatic carbocycles. The van der Waals surface area contributed by atoms with Gasteiger partial charge in [0.15, 0.2) is 5.82 Å². The number of sulfonamides is 1. The number of hydrogen-bond donors (Lipinski definition) is 1. The van der Waals surface area contributed by atoms with Gasteiger partial charge in [-0.3, -0.25) is 13.7 Å². The Kier molecular flexibility index (Phi) is 7.44. The van der Waals surface area contributed by atoms with Crippen LogP contribution in [0.3, 0.4) is 0 Å². The van der Waals surface area contributed by atoms with E-state index in [0.29, 0.717) is 30.3 Å². The quantitative estimate of drug-likeness (QED) is 0.323. The van der Waals surface area contributed by atoms with Crippen molar-refractivity contribution in [3.05, 3.63) is 71.1 Å². The molecule has 4 aromatic rings. The number of anilines is 1. The van der Waals surface area contributed by atoms with Crippen LogP contribution in [0.4, 0.5) is 5.69 Å². The van der Waals surface area contributed by atoms with Crippen LogP contribution >= 0.6 is 23.2 Å². The molecule has 0 unspecified atom stereocenters. The van der Waals surface area contributed by atoms with Gasteiger partial charge in [-0.1, -0.05) is 23.2 Å². The van der Waals surface area contributed by atoms with Crippen molar-refractivity contribution in [3.8, 4) is 11.7 Å². The van der Waals surface area contributed by atoms with Crippen molar-refractivity contribution >= 4 is 55.8 Å². The number of hydrogen-bond acceptors (Lipinski definition) is 7. The molecule has 0 bridgehead atoms. The van der Waals surface area contributed by atoms with Crippen LogP contribution in [-0.2, 0) is 19.6 Å². The van der Waals surface area contributed by atoms with Gasteiger partial charge >= 0.3 is 5.97 Å². The van der Waals surface area contributed by atoms with Crippen LogP contribution < -0.4 is 9.04 Å². The van der Waals surface area contributed by atoms with Gasteiger partial charge in [-0.15, -0.1) is 0 Å². The van der Waals surface area contributed by atoms with E-state index in [1.54, 1.807) is 41.4 Å². The van der Waals surface area contributed by atoms with Crippen LogP contribution in [0.5, 0.6) is 5.88 Å². The van der Waals surface area contributed by atoms with Gasteiger partial charge < -0.3 is 14.6 Å². The van der Waals surface area contributed by atoms with Crippen molar-refractivity contribution in [2.24, 2.45) is 0 Å². The summed E-state index contributed by atoms with van der Waals surface area (Å²) in [6, 6.07) is 10.4. The molecule has 2 aromatic carbocycles. The fourth-order valence-corrected chi connectivity index (χ4v) is 6.32. The minimum atomic E-state index is -4.29. The molecule has 2 aromatic heterocycles. The highest BCUT2D eigenvalue weighted by Gasteiger charge is 2.28. The van der Waals surface area contributed by atoms with E-state index in [0.717, 1.165) is 22.7 Å². The molecule has 38 heavy (non-hydrogen) atoms. The predicted octanol–water partition coefficient (Wildman–Crippen LogP) is 4.57. The molecular formula is C25H22Cl2N4O6S. The number of rotatable bonds is 8. The van der Waals surface area contributed by atoms with Crippen molar-refractivity contribution in [1.29, 1.82) is 0 Å². The Balaban J connectivity index is 1.45. The van der Waals surface area contributed by atoms with Gasteiger partial charge in [0.2, 0.25) is 5.88 Å². The first-order valence-corrected chi connectivity index (χ1v) is 13.8. The first-order chi connectivity index (χ1) is 18.2. The molecule has 0 atom stereocenters. The summed E-state index contributed by atoms with van der Waals surface area (Å²) in [5, 5.41) is 10.4. The van der Waals surface area contributed by atoms with Gasteiger partial charge in [-0.25, -0.2) is 18.4 Å². The molecule has 1 fully saturated rings. The third kappa shape index (κ3) is 5.56. The van der Waals surface area contributed by atoms with Crippen LogP contribution in [0.15, 0.2) is 66.0 Å². The van der Waals surface area contributed by atoms with E-state index in [9.17, 15) is 18.3 Å².